The van der Waals surface area contributed by atoms with Crippen molar-refractivity contribution in [2.24, 2.45) is 0 Å². The van der Waals surface area contributed by atoms with Crippen LogP contribution in [0.5, 0.6) is 0 Å². The Bertz CT molecular complexity index is 816. The van der Waals surface area contributed by atoms with Crippen molar-refractivity contribution >= 4 is 11.6 Å². The van der Waals surface area contributed by atoms with Crippen LogP contribution < -0.4 is 5.32 Å². The number of carbonyl (C=O) groups is 1. The van der Waals surface area contributed by atoms with Crippen LogP contribution in [0.15, 0.2) is 48.5 Å². The van der Waals surface area contributed by atoms with E-state index in [0.717, 1.165) is 0 Å². The van der Waals surface area contributed by atoms with Gasteiger partial charge in [-0.2, -0.15) is 5.26 Å². The van der Waals surface area contributed by atoms with E-state index in [0.29, 0.717) is 28.9 Å². The second-order valence-electron chi connectivity index (χ2n) is 5.72. The molecule has 0 bridgehead atoms. The normalized spacial score (nSPS) is 11.4. The minimum atomic E-state index is -0.740. The quantitative estimate of drug-likeness (QED) is 0.794. The molecule has 1 atom stereocenters. The fraction of sp³-hybridized carbons (Fsp3) is 0.200. The molecule has 5 nitrogen and oxygen atoms in total. The van der Waals surface area contributed by atoms with E-state index in [4.69, 9.17) is 11.7 Å². The van der Waals surface area contributed by atoms with E-state index in [2.05, 4.69) is 11.2 Å². The van der Waals surface area contributed by atoms with Crippen molar-refractivity contribution in [1.29, 1.82) is 5.26 Å². The summed E-state index contributed by atoms with van der Waals surface area (Å²) in [6.07, 6.45) is 4.60. The van der Waals surface area contributed by atoms with Gasteiger partial charge in [-0.3, -0.25) is 9.69 Å². The summed E-state index contributed by atoms with van der Waals surface area (Å²) >= 11 is 0. The van der Waals surface area contributed by atoms with Gasteiger partial charge in [0.05, 0.1) is 24.3 Å². The molecule has 2 N–H and O–H groups in total. The van der Waals surface area contributed by atoms with Crippen molar-refractivity contribution in [2.45, 2.75) is 6.10 Å². The summed E-state index contributed by atoms with van der Waals surface area (Å²) in [5.74, 6) is 2.33. The first-order valence-corrected chi connectivity index (χ1v) is 7.75. The van der Waals surface area contributed by atoms with Crippen molar-refractivity contribution < 1.29 is 9.90 Å². The monoisotopic (exact) mass is 333 g/mol. The number of aliphatic hydroxyl groups is 1. The molecule has 5 heteroatoms. The van der Waals surface area contributed by atoms with Gasteiger partial charge in [0.15, 0.2) is 0 Å². The third-order valence-corrected chi connectivity index (χ3v) is 3.64. The Kier molecular flexibility index (Phi) is 6.31. The molecule has 0 saturated heterocycles. The Morgan fingerprint density at radius 3 is 2.64 bits per heavy atom. The molecule has 0 fully saturated rings. The summed E-state index contributed by atoms with van der Waals surface area (Å²) in [4.78, 5) is 13.8. The summed E-state index contributed by atoms with van der Waals surface area (Å²) in [6.45, 7) is 0.428. The third-order valence-electron chi connectivity index (χ3n) is 3.64. The molecule has 0 heterocycles. The highest BCUT2D eigenvalue weighted by atomic mass is 16.3. The zero-order valence-electron chi connectivity index (χ0n) is 13.9. The van der Waals surface area contributed by atoms with Crippen molar-refractivity contribution in [2.75, 3.05) is 25.5 Å². The van der Waals surface area contributed by atoms with Gasteiger partial charge in [-0.25, -0.2) is 0 Å². The van der Waals surface area contributed by atoms with Crippen LogP contribution in [0, 0.1) is 23.7 Å². The summed E-state index contributed by atoms with van der Waals surface area (Å²) < 4.78 is 0. The number of nitrogens with one attached hydrogen (secondary N) is 1. The molecule has 25 heavy (non-hydrogen) atoms. The smallest absolute Gasteiger partial charge is 0.238 e. The van der Waals surface area contributed by atoms with Crippen LogP contribution >= 0.6 is 0 Å². The predicted octanol–water partition coefficient (Wildman–Crippen LogP) is 2.14. The summed E-state index contributed by atoms with van der Waals surface area (Å²) in [6, 6.07) is 15.8. The number of rotatable bonds is 6. The molecule has 0 radical (unpaired) electrons. The lowest BCUT2D eigenvalue weighted by Gasteiger charge is -2.20. The standard InChI is InChI=1S/C20H19N3O2/c1-3-15-5-4-6-18(11-15)22-20(25)14-23(2)13-19(24)17-9-7-16(12-21)8-10-17/h1,4-11,19,24H,13-14H2,2H3,(H,22,25). The van der Waals surface area contributed by atoms with Crippen molar-refractivity contribution in [3.63, 3.8) is 0 Å². The van der Waals surface area contributed by atoms with Gasteiger partial charge in [0.2, 0.25) is 5.91 Å². The summed E-state index contributed by atoms with van der Waals surface area (Å²) in [7, 11) is 1.75. The number of anilines is 1. The van der Waals surface area contributed by atoms with Gasteiger partial charge in [0, 0.05) is 17.8 Å². The van der Waals surface area contributed by atoms with Crippen molar-refractivity contribution in [3.05, 3.63) is 65.2 Å². The molecular weight excluding hydrogens is 314 g/mol. The highest BCUT2D eigenvalue weighted by Gasteiger charge is 2.13. The lowest BCUT2D eigenvalue weighted by atomic mass is 10.1. The van der Waals surface area contributed by atoms with Crippen LogP contribution in [-0.4, -0.2) is 36.1 Å². The largest absolute Gasteiger partial charge is 0.387 e. The lowest BCUT2D eigenvalue weighted by molar-refractivity contribution is -0.117. The number of amides is 1. The fourth-order valence-corrected chi connectivity index (χ4v) is 2.38. The first-order chi connectivity index (χ1) is 12.0. The molecule has 0 aromatic heterocycles. The second-order valence-corrected chi connectivity index (χ2v) is 5.72. The Morgan fingerprint density at radius 2 is 2.00 bits per heavy atom. The Balaban J connectivity index is 1.88. The van der Waals surface area contributed by atoms with Crippen LogP contribution in [0.25, 0.3) is 0 Å². The van der Waals surface area contributed by atoms with E-state index >= 15 is 0 Å². The van der Waals surface area contributed by atoms with Crippen LogP contribution in [0.4, 0.5) is 5.69 Å². The fourth-order valence-electron chi connectivity index (χ4n) is 2.38. The predicted molar refractivity (Wildman–Crippen MR) is 96.6 cm³/mol. The highest BCUT2D eigenvalue weighted by molar-refractivity contribution is 5.92. The first kappa shape index (κ1) is 18.2. The van der Waals surface area contributed by atoms with Gasteiger partial charge < -0.3 is 10.4 Å². The molecule has 0 spiro atoms. The minimum Gasteiger partial charge on any atom is -0.387 e. The molecule has 0 aliphatic carbocycles. The minimum absolute atomic E-state index is 0.133. The maximum absolute atomic E-state index is 12.1. The Labute approximate surface area is 147 Å². The van der Waals surface area contributed by atoms with E-state index in [9.17, 15) is 9.90 Å². The number of terminal acetylenes is 1. The number of nitrogens with zero attached hydrogens (tertiary/aromatic N) is 2. The van der Waals surface area contributed by atoms with Gasteiger partial charge in [-0.1, -0.05) is 24.1 Å². The number of likely N-dealkylation sites (N-methyl/N-ethyl adjacent to an activating group) is 1. The molecular formula is C20H19N3O2. The molecule has 2 aromatic rings. The van der Waals surface area contributed by atoms with Crippen LogP contribution in [-0.2, 0) is 4.79 Å². The van der Waals surface area contributed by atoms with Gasteiger partial charge in [-0.15, -0.1) is 6.42 Å². The average Bonchev–Trinajstić information content (AvgIpc) is 2.61. The molecule has 2 rings (SSSR count). The SMILES string of the molecule is C#Cc1cccc(NC(=O)CN(C)CC(O)c2ccc(C#N)cc2)c1. The molecule has 0 aliphatic rings. The topological polar surface area (TPSA) is 76.4 Å². The van der Waals surface area contributed by atoms with Gasteiger partial charge in [0.25, 0.3) is 0 Å². The molecule has 0 aliphatic heterocycles. The van der Waals surface area contributed by atoms with E-state index in [1.165, 1.54) is 0 Å². The van der Waals surface area contributed by atoms with Crippen LogP contribution in [0.2, 0.25) is 0 Å². The second kappa shape index (κ2) is 8.65. The highest BCUT2D eigenvalue weighted by Crippen LogP contribution is 2.15. The van der Waals surface area contributed by atoms with E-state index in [1.54, 1.807) is 60.5 Å². The van der Waals surface area contributed by atoms with E-state index in [-0.39, 0.29) is 12.5 Å². The van der Waals surface area contributed by atoms with E-state index < -0.39 is 6.10 Å². The number of hydrogen-bond acceptors (Lipinski definition) is 4. The molecule has 126 valence electrons. The van der Waals surface area contributed by atoms with Gasteiger partial charge in [-0.05, 0) is 42.9 Å². The summed E-state index contributed by atoms with van der Waals surface area (Å²) in [5, 5.41) is 21.8. The Hall–Kier alpha value is -3.12. The Morgan fingerprint density at radius 1 is 1.28 bits per heavy atom. The van der Waals surface area contributed by atoms with Crippen molar-refractivity contribution in [1.82, 2.24) is 4.90 Å². The number of nitriles is 1. The number of carbonyl (C=O) groups excluding carboxylic acids is 1. The zero-order valence-corrected chi connectivity index (χ0v) is 13.9. The lowest BCUT2D eigenvalue weighted by Crippen LogP contribution is -2.33. The first-order valence-electron chi connectivity index (χ1n) is 7.75. The molecule has 2 aromatic carbocycles. The number of benzene rings is 2. The maximum atomic E-state index is 12.1. The van der Waals surface area contributed by atoms with Crippen LogP contribution in [0.3, 0.4) is 0 Å². The van der Waals surface area contributed by atoms with E-state index in [1.807, 2.05) is 6.07 Å². The molecule has 1 amide bonds. The van der Waals surface area contributed by atoms with Crippen molar-refractivity contribution in [3.8, 4) is 18.4 Å². The maximum Gasteiger partial charge on any atom is 0.238 e. The zero-order chi connectivity index (χ0) is 18.2. The third kappa shape index (κ3) is 5.47. The molecule has 1 unspecified atom stereocenters. The van der Waals surface area contributed by atoms with Gasteiger partial charge >= 0.3 is 0 Å². The number of aliphatic hydroxyl groups excluding tert-OH is 1. The summed E-state index contributed by atoms with van der Waals surface area (Å²) in [5.41, 5.74) is 2.58. The average molecular weight is 333 g/mol. The molecule has 0 saturated carbocycles. The van der Waals surface area contributed by atoms with Gasteiger partial charge in [0.1, 0.15) is 0 Å². The van der Waals surface area contributed by atoms with Crippen LogP contribution in [0.1, 0.15) is 22.8 Å². The number of hydrogen-bond donors (Lipinski definition) is 2.